The number of benzene rings is 1. The van der Waals surface area contributed by atoms with E-state index in [9.17, 15) is 4.79 Å². The molecule has 3 nitrogen and oxygen atoms in total. The van der Waals surface area contributed by atoms with Crippen molar-refractivity contribution >= 4 is 17.5 Å². The second-order valence-electron chi connectivity index (χ2n) is 5.37. The van der Waals surface area contributed by atoms with E-state index in [2.05, 4.69) is 6.92 Å². The van der Waals surface area contributed by atoms with Crippen molar-refractivity contribution < 1.29 is 4.79 Å². The average molecular weight is 281 g/mol. The maximum atomic E-state index is 12.4. The van der Waals surface area contributed by atoms with Crippen LogP contribution in [-0.4, -0.2) is 29.9 Å². The summed E-state index contributed by atoms with van der Waals surface area (Å²) >= 11 is 6.11. The van der Waals surface area contributed by atoms with Crippen LogP contribution in [0.5, 0.6) is 0 Å². The van der Waals surface area contributed by atoms with Gasteiger partial charge in [-0.3, -0.25) is 4.79 Å². The highest BCUT2D eigenvalue weighted by Gasteiger charge is 2.28. The molecule has 0 radical (unpaired) electrons. The van der Waals surface area contributed by atoms with Crippen LogP contribution in [0.15, 0.2) is 24.3 Å². The van der Waals surface area contributed by atoms with E-state index in [0.717, 1.165) is 24.9 Å². The largest absolute Gasteiger partial charge is 0.338 e. The molecule has 1 heterocycles. The smallest absolute Gasteiger partial charge is 0.227 e. The summed E-state index contributed by atoms with van der Waals surface area (Å²) in [5.74, 6) is 0.786. The van der Waals surface area contributed by atoms with Crippen molar-refractivity contribution in [1.29, 1.82) is 0 Å². The summed E-state index contributed by atoms with van der Waals surface area (Å²) in [4.78, 5) is 14.3. The van der Waals surface area contributed by atoms with Crippen LogP contribution in [0.3, 0.4) is 0 Å². The molecule has 2 atom stereocenters. The molecule has 1 aliphatic heterocycles. The van der Waals surface area contributed by atoms with E-state index in [0.29, 0.717) is 23.9 Å². The number of hydrogen-bond donors (Lipinski definition) is 1. The van der Waals surface area contributed by atoms with Crippen LogP contribution >= 0.6 is 11.6 Å². The summed E-state index contributed by atoms with van der Waals surface area (Å²) in [7, 11) is 0. The number of nitrogens with two attached hydrogens (primary N) is 1. The highest BCUT2D eigenvalue weighted by Crippen LogP contribution is 2.23. The van der Waals surface area contributed by atoms with E-state index in [1.807, 2.05) is 29.2 Å². The lowest BCUT2D eigenvalue weighted by atomic mass is 9.92. The SMILES string of the molecule is CC1CCN(C(=O)Cc2ccccc2Cl)C(CN)C1. The number of hydrogen-bond acceptors (Lipinski definition) is 2. The summed E-state index contributed by atoms with van der Waals surface area (Å²) in [5.41, 5.74) is 6.69. The zero-order chi connectivity index (χ0) is 13.8. The first-order valence-electron chi connectivity index (χ1n) is 6.84. The van der Waals surface area contributed by atoms with Crippen molar-refractivity contribution in [3.8, 4) is 0 Å². The molecule has 2 N–H and O–H groups in total. The van der Waals surface area contributed by atoms with Gasteiger partial charge in [-0.2, -0.15) is 0 Å². The molecule has 0 saturated carbocycles. The molecule has 1 aliphatic rings. The molecule has 1 amide bonds. The van der Waals surface area contributed by atoms with E-state index in [-0.39, 0.29) is 11.9 Å². The number of halogens is 1. The van der Waals surface area contributed by atoms with Gasteiger partial charge in [-0.05, 0) is 30.4 Å². The number of carbonyl (C=O) groups is 1. The Balaban J connectivity index is 2.05. The third-order valence-corrected chi connectivity index (χ3v) is 4.24. The molecule has 4 heteroatoms. The van der Waals surface area contributed by atoms with Crippen LogP contribution in [0, 0.1) is 5.92 Å². The fourth-order valence-corrected chi connectivity index (χ4v) is 2.91. The first-order chi connectivity index (χ1) is 9.11. The molecule has 2 rings (SSSR count). The second kappa shape index (κ2) is 6.40. The Labute approximate surface area is 119 Å². The van der Waals surface area contributed by atoms with Crippen LogP contribution < -0.4 is 5.73 Å². The predicted molar refractivity (Wildman–Crippen MR) is 78.1 cm³/mol. The monoisotopic (exact) mass is 280 g/mol. The van der Waals surface area contributed by atoms with Gasteiger partial charge in [-0.25, -0.2) is 0 Å². The molecule has 19 heavy (non-hydrogen) atoms. The fraction of sp³-hybridized carbons (Fsp3) is 0.533. The van der Waals surface area contributed by atoms with Gasteiger partial charge in [0.15, 0.2) is 0 Å². The van der Waals surface area contributed by atoms with Gasteiger partial charge in [0.25, 0.3) is 0 Å². The first kappa shape index (κ1) is 14.4. The Morgan fingerprint density at radius 1 is 1.47 bits per heavy atom. The van der Waals surface area contributed by atoms with Gasteiger partial charge in [0.05, 0.1) is 6.42 Å². The predicted octanol–water partition coefficient (Wildman–Crippen LogP) is 2.47. The molecule has 104 valence electrons. The zero-order valence-electron chi connectivity index (χ0n) is 11.3. The Hall–Kier alpha value is -1.06. The minimum atomic E-state index is 0.135. The normalized spacial score (nSPS) is 23.4. The first-order valence-corrected chi connectivity index (χ1v) is 7.22. The lowest BCUT2D eigenvalue weighted by molar-refractivity contribution is -0.134. The summed E-state index contributed by atoms with van der Waals surface area (Å²) in [6, 6.07) is 7.70. The van der Waals surface area contributed by atoms with Crippen LogP contribution in [0.25, 0.3) is 0 Å². The number of likely N-dealkylation sites (tertiary alicyclic amines) is 1. The quantitative estimate of drug-likeness (QED) is 0.924. The van der Waals surface area contributed by atoms with E-state index >= 15 is 0 Å². The maximum Gasteiger partial charge on any atom is 0.227 e. The minimum absolute atomic E-state index is 0.135. The van der Waals surface area contributed by atoms with Crippen molar-refractivity contribution in [3.63, 3.8) is 0 Å². The summed E-state index contributed by atoms with van der Waals surface area (Å²) in [6.07, 6.45) is 2.43. The van der Waals surface area contributed by atoms with Gasteiger partial charge in [0, 0.05) is 24.2 Å². The van der Waals surface area contributed by atoms with Crippen molar-refractivity contribution in [2.45, 2.75) is 32.2 Å². The summed E-state index contributed by atoms with van der Waals surface area (Å²) < 4.78 is 0. The molecule has 1 saturated heterocycles. The Kier molecular flexibility index (Phi) is 4.83. The van der Waals surface area contributed by atoms with Gasteiger partial charge in [-0.15, -0.1) is 0 Å². The van der Waals surface area contributed by atoms with Crippen LogP contribution in [-0.2, 0) is 11.2 Å². The fourth-order valence-electron chi connectivity index (χ4n) is 2.71. The van der Waals surface area contributed by atoms with E-state index in [1.165, 1.54) is 0 Å². The number of piperidine rings is 1. The van der Waals surface area contributed by atoms with Gasteiger partial charge in [0.1, 0.15) is 0 Å². The minimum Gasteiger partial charge on any atom is -0.338 e. The maximum absolute atomic E-state index is 12.4. The Morgan fingerprint density at radius 2 is 2.21 bits per heavy atom. The van der Waals surface area contributed by atoms with Crippen molar-refractivity contribution in [1.82, 2.24) is 4.90 Å². The second-order valence-corrected chi connectivity index (χ2v) is 5.78. The lowest BCUT2D eigenvalue weighted by Crippen LogP contribution is -2.49. The molecule has 0 spiro atoms. The number of amides is 1. The molecule has 0 aliphatic carbocycles. The van der Waals surface area contributed by atoms with Crippen molar-refractivity contribution in [3.05, 3.63) is 34.9 Å². The summed E-state index contributed by atoms with van der Waals surface area (Å²) in [6.45, 7) is 3.57. The highest BCUT2D eigenvalue weighted by molar-refractivity contribution is 6.31. The van der Waals surface area contributed by atoms with Gasteiger partial charge in [-0.1, -0.05) is 36.7 Å². The number of rotatable bonds is 3. The highest BCUT2D eigenvalue weighted by atomic mass is 35.5. The van der Waals surface area contributed by atoms with Crippen molar-refractivity contribution in [2.24, 2.45) is 11.7 Å². The average Bonchev–Trinajstić information content (AvgIpc) is 2.41. The Morgan fingerprint density at radius 3 is 2.89 bits per heavy atom. The third-order valence-electron chi connectivity index (χ3n) is 3.87. The van der Waals surface area contributed by atoms with Gasteiger partial charge >= 0.3 is 0 Å². The molecule has 0 aromatic heterocycles. The molecule has 1 fully saturated rings. The van der Waals surface area contributed by atoms with Gasteiger partial charge in [0.2, 0.25) is 5.91 Å². The van der Waals surface area contributed by atoms with Gasteiger partial charge < -0.3 is 10.6 Å². The zero-order valence-corrected chi connectivity index (χ0v) is 12.1. The summed E-state index contributed by atoms with van der Waals surface area (Å²) in [5, 5.41) is 0.658. The van der Waals surface area contributed by atoms with E-state index < -0.39 is 0 Å². The van der Waals surface area contributed by atoms with Crippen LogP contribution in [0.2, 0.25) is 5.02 Å². The lowest BCUT2D eigenvalue weighted by Gasteiger charge is -2.38. The number of nitrogens with zero attached hydrogens (tertiary/aromatic N) is 1. The molecule has 0 bridgehead atoms. The van der Waals surface area contributed by atoms with Crippen LogP contribution in [0.1, 0.15) is 25.3 Å². The standard InChI is InChI=1S/C15H21ClN2O/c1-11-6-7-18(13(8-11)10-17)15(19)9-12-4-2-3-5-14(12)16/h2-5,11,13H,6-10,17H2,1H3. The molecular formula is C15H21ClN2O. The third kappa shape index (κ3) is 3.48. The van der Waals surface area contributed by atoms with E-state index in [4.69, 9.17) is 17.3 Å². The number of carbonyl (C=O) groups excluding carboxylic acids is 1. The van der Waals surface area contributed by atoms with E-state index in [1.54, 1.807) is 0 Å². The molecule has 1 aromatic rings. The molecule has 1 aromatic carbocycles. The topological polar surface area (TPSA) is 46.3 Å². The van der Waals surface area contributed by atoms with Crippen LogP contribution in [0.4, 0.5) is 0 Å². The molecular weight excluding hydrogens is 260 g/mol. The molecule has 2 unspecified atom stereocenters. The van der Waals surface area contributed by atoms with Crippen molar-refractivity contribution in [2.75, 3.05) is 13.1 Å². The Bertz CT molecular complexity index is 450.